The molecule has 0 spiro atoms. The Hall–Kier alpha value is -2.56. The lowest BCUT2D eigenvalue weighted by Crippen LogP contribution is -2.42. The van der Waals surface area contributed by atoms with Crippen molar-refractivity contribution in [3.8, 4) is 0 Å². The molecule has 1 aromatic heterocycles. The second kappa shape index (κ2) is 11.5. The van der Waals surface area contributed by atoms with Crippen LogP contribution in [0, 0.1) is 0 Å². The molecule has 2 rings (SSSR count). The molecule has 0 saturated carbocycles. The van der Waals surface area contributed by atoms with Crippen molar-refractivity contribution in [1.82, 2.24) is 14.9 Å². The normalized spacial score (nSPS) is 18.7. The summed E-state index contributed by atoms with van der Waals surface area (Å²) in [6, 6.07) is 0.890. The Bertz CT molecular complexity index is 1210. The molecule has 0 aliphatic carbocycles. The van der Waals surface area contributed by atoms with Crippen molar-refractivity contribution in [2.24, 2.45) is 0 Å². The predicted molar refractivity (Wildman–Crippen MR) is 123 cm³/mol. The van der Waals surface area contributed by atoms with Gasteiger partial charge in [0.2, 0.25) is 0 Å². The van der Waals surface area contributed by atoms with Crippen LogP contribution in [0.1, 0.15) is 38.8 Å². The first-order valence-electron chi connectivity index (χ1n) is 10.4. The Morgan fingerprint density at radius 1 is 1.20 bits per heavy atom. The zero-order valence-electron chi connectivity index (χ0n) is 19.5. The van der Waals surface area contributed by atoms with Gasteiger partial charge in [0.15, 0.2) is 23.1 Å². The first-order chi connectivity index (χ1) is 16.2. The molecule has 1 aromatic rings. The van der Waals surface area contributed by atoms with Crippen molar-refractivity contribution >= 4 is 55.0 Å². The van der Waals surface area contributed by atoms with Gasteiger partial charge in [0.1, 0.15) is 15.0 Å². The molecule has 2 atom stereocenters. The number of hydrogen-bond acceptors (Lipinski definition) is 12. The van der Waals surface area contributed by atoms with E-state index in [4.69, 9.17) is 0 Å². The summed E-state index contributed by atoms with van der Waals surface area (Å²) in [5.74, 6) is -3.55. The van der Waals surface area contributed by atoms with Gasteiger partial charge in [0.05, 0.1) is 5.25 Å². The third kappa shape index (κ3) is 7.22. The number of esters is 2. The van der Waals surface area contributed by atoms with Gasteiger partial charge in [-0.15, -0.1) is 11.3 Å². The van der Waals surface area contributed by atoms with E-state index in [2.05, 4.69) is 14.8 Å². The number of likely N-dealkylation sites (N-methyl/N-ethyl adjacent to an activating group) is 1. The molecule has 1 aliphatic rings. The molecule has 0 aromatic carbocycles. The second-order valence-corrected chi connectivity index (χ2v) is 13.3. The largest absolute Gasteiger partial charge is 0.454 e. The Kier molecular flexibility index (Phi) is 9.38. The highest BCUT2D eigenvalue weighted by Gasteiger charge is 2.39. The highest BCUT2D eigenvalue weighted by molar-refractivity contribution is 7.95. The zero-order valence-corrected chi connectivity index (χ0v) is 22.0. The Morgan fingerprint density at radius 3 is 2.46 bits per heavy atom. The third-order valence-electron chi connectivity index (χ3n) is 4.95. The van der Waals surface area contributed by atoms with Crippen LogP contribution in [0.15, 0.2) is 14.5 Å². The van der Waals surface area contributed by atoms with Crippen LogP contribution < -0.4 is 10.0 Å². The molecule has 0 radical (unpaired) electrons. The standard InChI is InChI=1S/C19H27N3O10S3/c1-5-20-14-6-11(2)34(27,28)19-13(14)7-18(33-19)35(29,30)21-15(24)8-22(4)16(25)9-32-17(26)10-31-12(3)23/h7,11,14,20H,5-6,8-10H2,1-4H3,(H,21,24)/t11-,14-/m0/s1. The number of amides is 2. The van der Waals surface area contributed by atoms with Crippen LogP contribution in [0.3, 0.4) is 0 Å². The number of sulfonamides is 1. The Balaban J connectivity index is 2.05. The lowest BCUT2D eigenvalue weighted by molar-refractivity contribution is -0.160. The molecular weight excluding hydrogens is 526 g/mol. The van der Waals surface area contributed by atoms with Crippen LogP contribution in [-0.4, -0.2) is 84.1 Å². The Morgan fingerprint density at radius 2 is 1.86 bits per heavy atom. The van der Waals surface area contributed by atoms with Gasteiger partial charge in [0.25, 0.3) is 21.8 Å². The molecule has 0 unspecified atom stereocenters. The number of ether oxygens (including phenoxy) is 2. The van der Waals surface area contributed by atoms with Gasteiger partial charge < -0.3 is 19.7 Å². The van der Waals surface area contributed by atoms with E-state index in [1.807, 2.05) is 11.6 Å². The van der Waals surface area contributed by atoms with Gasteiger partial charge in [-0.2, -0.15) is 0 Å². The summed E-state index contributed by atoms with van der Waals surface area (Å²) in [5.41, 5.74) is 0.339. The molecule has 16 heteroatoms. The van der Waals surface area contributed by atoms with Crippen LogP contribution in [-0.2, 0) is 48.5 Å². The summed E-state index contributed by atoms with van der Waals surface area (Å²) in [6.07, 6.45) is 0.282. The number of carbonyl (C=O) groups excluding carboxylic acids is 4. The van der Waals surface area contributed by atoms with Crippen LogP contribution in [0.5, 0.6) is 0 Å². The van der Waals surface area contributed by atoms with Crippen LogP contribution >= 0.6 is 11.3 Å². The summed E-state index contributed by atoms with van der Waals surface area (Å²) >= 11 is 0.563. The number of nitrogens with zero attached hydrogens (tertiary/aromatic N) is 1. The van der Waals surface area contributed by atoms with Crippen molar-refractivity contribution in [1.29, 1.82) is 0 Å². The van der Waals surface area contributed by atoms with Gasteiger partial charge in [0, 0.05) is 25.6 Å². The average molecular weight is 554 g/mol. The predicted octanol–water partition coefficient (Wildman–Crippen LogP) is -0.666. The lowest BCUT2D eigenvalue weighted by atomic mass is 10.1. The van der Waals surface area contributed by atoms with E-state index in [0.717, 1.165) is 11.8 Å². The molecule has 0 saturated heterocycles. The second-order valence-electron chi connectivity index (χ2n) is 7.73. The zero-order chi connectivity index (χ0) is 26.6. The van der Waals surface area contributed by atoms with E-state index in [9.17, 15) is 36.0 Å². The van der Waals surface area contributed by atoms with Crippen molar-refractivity contribution in [2.75, 3.05) is 33.4 Å². The number of nitrogens with one attached hydrogen (secondary N) is 2. The fraction of sp³-hybridized carbons (Fsp3) is 0.579. The minimum Gasteiger partial charge on any atom is -0.454 e. The average Bonchev–Trinajstić information content (AvgIpc) is 3.22. The molecule has 0 bridgehead atoms. The summed E-state index contributed by atoms with van der Waals surface area (Å²) in [7, 11) is -6.94. The fourth-order valence-electron chi connectivity index (χ4n) is 3.16. The molecule has 2 N–H and O–H groups in total. The van der Waals surface area contributed by atoms with Gasteiger partial charge in [-0.25, -0.2) is 26.4 Å². The number of rotatable bonds is 10. The van der Waals surface area contributed by atoms with Gasteiger partial charge in [-0.05, 0) is 26.0 Å². The number of hydrogen-bond donors (Lipinski definition) is 2. The molecule has 35 heavy (non-hydrogen) atoms. The number of carbonyl (C=O) groups is 4. The van der Waals surface area contributed by atoms with Crippen molar-refractivity contribution in [3.63, 3.8) is 0 Å². The molecule has 2 heterocycles. The van der Waals surface area contributed by atoms with Crippen LogP contribution in [0.2, 0.25) is 0 Å². The highest BCUT2D eigenvalue weighted by Crippen LogP contribution is 2.42. The quantitative estimate of drug-likeness (QED) is 0.351. The molecule has 13 nitrogen and oxygen atoms in total. The maximum Gasteiger partial charge on any atom is 0.344 e. The van der Waals surface area contributed by atoms with Gasteiger partial charge in [-0.1, -0.05) is 6.92 Å². The summed E-state index contributed by atoms with van der Waals surface area (Å²) in [4.78, 5) is 47.2. The number of fused-ring (bicyclic) bond motifs is 1. The first-order valence-corrected chi connectivity index (χ1v) is 14.2. The smallest absolute Gasteiger partial charge is 0.344 e. The van der Waals surface area contributed by atoms with E-state index < -0.39 is 68.6 Å². The monoisotopic (exact) mass is 553 g/mol. The first kappa shape index (κ1) is 28.7. The van der Waals surface area contributed by atoms with Crippen molar-refractivity contribution in [2.45, 2.75) is 46.9 Å². The molecule has 0 fully saturated rings. The minimum absolute atomic E-state index is 0.0575. The van der Waals surface area contributed by atoms with Gasteiger partial charge >= 0.3 is 11.9 Å². The molecule has 196 valence electrons. The summed E-state index contributed by atoms with van der Waals surface area (Å²) < 4.78 is 61.4. The third-order valence-corrected chi connectivity index (χ3v) is 10.7. The van der Waals surface area contributed by atoms with Crippen molar-refractivity contribution in [3.05, 3.63) is 11.6 Å². The van der Waals surface area contributed by atoms with E-state index >= 15 is 0 Å². The summed E-state index contributed by atoms with van der Waals surface area (Å²) in [5, 5.41) is 2.44. The maximum absolute atomic E-state index is 12.8. The van der Waals surface area contributed by atoms with E-state index in [0.29, 0.717) is 23.4 Å². The van der Waals surface area contributed by atoms with E-state index in [-0.39, 0.29) is 20.9 Å². The highest BCUT2D eigenvalue weighted by atomic mass is 32.3. The maximum atomic E-state index is 12.8. The van der Waals surface area contributed by atoms with Crippen LogP contribution in [0.25, 0.3) is 0 Å². The minimum atomic E-state index is -4.42. The van der Waals surface area contributed by atoms with Gasteiger partial charge in [-0.3, -0.25) is 14.4 Å². The van der Waals surface area contributed by atoms with Crippen molar-refractivity contribution < 1.29 is 45.5 Å². The fourth-order valence-corrected chi connectivity index (χ4v) is 8.14. The number of sulfone groups is 1. The van der Waals surface area contributed by atoms with E-state index in [1.54, 1.807) is 6.92 Å². The van der Waals surface area contributed by atoms with E-state index in [1.165, 1.54) is 13.1 Å². The molecule has 2 amide bonds. The Labute approximate surface area is 207 Å². The SMILES string of the molecule is CCN[C@H]1C[C@H](C)S(=O)(=O)c2sc(S(=O)(=O)NC(=O)CN(C)C(=O)COC(=O)COC(C)=O)cc21. The molecular formula is C19H27N3O10S3. The molecule has 1 aliphatic heterocycles. The lowest BCUT2D eigenvalue weighted by Gasteiger charge is -2.27. The van der Waals surface area contributed by atoms with Crippen LogP contribution in [0.4, 0.5) is 0 Å². The topological polar surface area (TPSA) is 182 Å². The number of thiophene rings is 1. The summed E-state index contributed by atoms with van der Waals surface area (Å²) in [6.45, 7) is 2.92.